The molecule has 2 aromatic heterocycles. The number of hydrogen-bond acceptors (Lipinski definition) is 7. The van der Waals surface area contributed by atoms with E-state index >= 15 is 0 Å². The molecule has 7 nitrogen and oxygen atoms in total. The Kier molecular flexibility index (Phi) is 2.35. The van der Waals surface area contributed by atoms with E-state index in [9.17, 15) is 10.1 Å². The van der Waals surface area contributed by atoms with Gasteiger partial charge in [0.1, 0.15) is 0 Å². The number of rotatable bonds is 3. The summed E-state index contributed by atoms with van der Waals surface area (Å²) in [7, 11) is 0. The van der Waals surface area contributed by atoms with Crippen LogP contribution in [0.25, 0.3) is 10.8 Å². The van der Waals surface area contributed by atoms with Gasteiger partial charge in [0.15, 0.2) is 5.76 Å². The van der Waals surface area contributed by atoms with Gasteiger partial charge in [0.25, 0.3) is 5.01 Å². The van der Waals surface area contributed by atoms with Crippen molar-refractivity contribution in [3.63, 3.8) is 0 Å². The van der Waals surface area contributed by atoms with E-state index in [-0.39, 0.29) is 10.8 Å². The quantitative estimate of drug-likeness (QED) is 0.467. The lowest BCUT2D eigenvalue weighted by Gasteiger charge is -1.91. The first-order valence-electron chi connectivity index (χ1n) is 3.88. The Hall–Kier alpha value is -1.93. The maximum Gasteiger partial charge on any atom is 0.400 e. The molecule has 2 aromatic rings. The summed E-state index contributed by atoms with van der Waals surface area (Å²) in [6, 6.07) is 3.35. The van der Waals surface area contributed by atoms with Crippen molar-refractivity contribution in [1.82, 2.24) is 4.98 Å². The first-order valence-corrected chi connectivity index (χ1v) is 4.69. The largest absolute Gasteiger partial charge is 0.459 e. The number of anilines is 1. The summed E-state index contributed by atoms with van der Waals surface area (Å²) in [5.41, 5.74) is 2.23. The highest BCUT2D eigenvalue weighted by Crippen LogP contribution is 2.35. The standard InChI is InChI=1S/C7H6N4O3S/c8-10-7-5(11(12)13)9-6(15-7)4-2-1-3-14-4/h1-3,10H,8H2. The Balaban J connectivity index is 2.48. The normalized spacial score (nSPS) is 10.2. The van der Waals surface area contributed by atoms with Crippen LogP contribution in [0.2, 0.25) is 0 Å². The predicted octanol–water partition coefficient (Wildman–Crippen LogP) is 1.60. The van der Waals surface area contributed by atoms with E-state index in [1.807, 2.05) is 0 Å². The lowest BCUT2D eigenvalue weighted by molar-refractivity contribution is -0.388. The minimum absolute atomic E-state index is 0.200. The maximum absolute atomic E-state index is 10.6. The van der Waals surface area contributed by atoms with Crippen molar-refractivity contribution in [3.8, 4) is 10.8 Å². The zero-order chi connectivity index (χ0) is 10.8. The average Bonchev–Trinajstić information content (AvgIpc) is 2.86. The number of nitro groups is 1. The van der Waals surface area contributed by atoms with Crippen LogP contribution >= 0.6 is 11.3 Å². The van der Waals surface area contributed by atoms with Gasteiger partial charge in [0.2, 0.25) is 5.00 Å². The fraction of sp³-hybridized carbons (Fsp3) is 0. The van der Waals surface area contributed by atoms with E-state index in [2.05, 4.69) is 10.4 Å². The van der Waals surface area contributed by atoms with Crippen LogP contribution in [0.4, 0.5) is 10.8 Å². The molecular weight excluding hydrogens is 220 g/mol. The third-order valence-electron chi connectivity index (χ3n) is 1.65. The molecule has 0 aliphatic heterocycles. The van der Waals surface area contributed by atoms with Gasteiger partial charge in [-0.1, -0.05) is 11.3 Å². The number of nitrogens with zero attached hydrogens (tertiary/aromatic N) is 2. The molecule has 2 heterocycles. The number of nitrogen functional groups attached to an aromatic ring is 1. The number of nitrogens with one attached hydrogen (secondary N) is 1. The number of hydrogen-bond donors (Lipinski definition) is 2. The number of thiazole rings is 1. The minimum atomic E-state index is -0.599. The molecule has 0 saturated carbocycles. The smallest absolute Gasteiger partial charge is 0.400 e. The van der Waals surface area contributed by atoms with Crippen molar-refractivity contribution < 1.29 is 9.34 Å². The highest BCUT2D eigenvalue weighted by atomic mass is 32.1. The highest BCUT2D eigenvalue weighted by molar-refractivity contribution is 7.19. The lowest BCUT2D eigenvalue weighted by Crippen LogP contribution is -2.06. The molecule has 0 amide bonds. The second-order valence-electron chi connectivity index (χ2n) is 2.55. The molecule has 0 aromatic carbocycles. The predicted molar refractivity (Wildman–Crippen MR) is 54.3 cm³/mol. The third kappa shape index (κ3) is 1.67. The van der Waals surface area contributed by atoms with E-state index in [0.717, 1.165) is 11.3 Å². The monoisotopic (exact) mass is 226 g/mol. The zero-order valence-corrected chi connectivity index (χ0v) is 8.15. The van der Waals surface area contributed by atoms with E-state index in [4.69, 9.17) is 10.3 Å². The molecule has 78 valence electrons. The number of nitrogens with two attached hydrogens (primary N) is 1. The van der Waals surface area contributed by atoms with Crippen LogP contribution in [0.3, 0.4) is 0 Å². The highest BCUT2D eigenvalue weighted by Gasteiger charge is 2.24. The molecule has 0 unspecified atom stereocenters. The van der Waals surface area contributed by atoms with Gasteiger partial charge in [0, 0.05) is 0 Å². The summed E-state index contributed by atoms with van der Waals surface area (Å²) in [5.74, 6) is 5.32. The Morgan fingerprint density at radius 3 is 2.93 bits per heavy atom. The van der Waals surface area contributed by atoms with Crippen LogP contribution in [0.5, 0.6) is 0 Å². The summed E-state index contributed by atoms with van der Waals surface area (Å²) < 4.78 is 5.07. The zero-order valence-electron chi connectivity index (χ0n) is 7.34. The van der Waals surface area contributed by atoms with Crippen LogP contribution in [-0.4, -0.2) is 9.91 Å². The fourth-order valence-corrected chi connectivity index (χ4v) is 1.85. The number of furan rings is 1. The molecule has 8 heteroatoms. The van der Waals surface area contributed by atoms with Crippen molar-refractivity contribution >= 4 is 22.2 Å². The summed E-state index contributed by atoms with van der Waals surface area (Å²) in [6.07, 6.45) is 1.47. The van der Waals surface area contributed by atoms with Gasteiger partial charge in [0.05, 0.1) is 6.26 Å². The van der Waals surface area contributed by atoms with Crippen LogP contribution in [0.15, 0.2) is 22.8 Å². The summed E-state index contributed by atoms with van der Waals surface area (Å²) in [6.45, 7) is 0. The van der Waals surface area contributed by atoms with Gasteiger partial charge >= 0.3 is 5.82 Å². The second kappa shape index (κ2) is 3.67. The van der Waals surface area contributed by atoms with Crippen LogP contribution in [-0.2, 0) is 0 Å². The third-order valence-corrected chi connectivity index (χ3v) is 2.64. The van der Waals surface area contributed by atoms with Crippen LogP contribution in [0, 0.1) is 10.1 Å². The van der Waals surface area contributed by atoms with E-state index < -0.39 is 4.92 Å². The topological polar surface area (TPSA) is 107 Å². The molecule has 0 fully saturated rings. The molecule has 2 rings (SSSR count). The SMILES string of the molecule is NNc1sc(-c2ccco2)nc1[N+](=O)[O-]. The minimum Gasteiger partial charge on any atom is -0.459 e. The van der Waals surface area contributed by atoms with Gasteiger partial charge in [-0.2, -0.15) is 0 Å². The summed E-state index contributed by atoms with van der Waals surface area (Å²) >= 11 is 1.06. The molecule has 0 aliphatic carbocycles. The molecule has 0 spiro atoms. The molecule has 15 heavy (non-hydrogen) atoms. The molecular formula is C7H6N4O3S. The molecule has 0 aliphatic rings. The summed E-state index contributed by atoms with van der Waals surface area (Å²) in [4.78, 5) is 13.8. The van der Waals surface area contributed by atoms with Gasteiger partial charge in [-0.3, -0.25) is 0 Å². The van der Waals surface area contributed by atoms with Crippen molar-refractivity contribution in [3.05, 3.63) is 28.5 Å². The first-order chi connectivity index (χ1) is 7.22. The molecule has 3 N–H and O–H groups in total. The van der Waals surface area contributed by atoms with E-state index in [0.29, 0.717) is 10.8 Å². The molecule has 0 saturated heterocycles. The van der Waals surface area contributed by atoms with Crippen molar-refractivity contribution in [2.24, 2.45) is 5.84 Å². The van der Waals surface area contributed by atoms with Crippen molar-refractivity contribution in [1.29, 1.82) is 0 Å². The fourth-order valence-electron chi connectivity index (χ4n) is 1.04. The Morgan fingerprint density at radius 2 is 2.47 bits per heavy atom. The number of aromatic nitrogens is 1. The lowest BCUT2D eigenvalue weighted by atomic mass is 10.5. The Morgan fingerprint density at radius 1 is 1.67 bits per heavy atom. The van der Waals surface area contributed by atoms with Crippen LogP contribution < -0.4 is 11.3 Å². The van der Waals surface area contributed by atoms with Gasteiger partial charge in [-0.15, -0.1) is 0 Å². The molecule has 0 radical (unpaired) electrons. The van der Waals surface area contributed by atoms with Gasteiger partial charge < -0.3 is 20.0 Å². The Labute approximate surface area is 87.7 Å². The first kappa shape index (κ1) is 9.62. The van der Waals surface area contributed by atoms with Crippen molar-refractivity contribution in [2.45, 2.75) is 0 Å². The second-order valence-corrected chi connectivity index (χ2v) is 3.55. The van der Waals surface area contributed by atoms with E-state index in [1.165, 1.54) is 6.26 Å². The van der Waals surface area contributed by atoms with Crippen molar-refractivity contribution in [2.75, 3.05) is 5.43 Å². The van der Waals surface area contributed by atoms with E-state index in [1.54, 1.807) is 12.1 Å². The summed E-state index contributed by atoms with van der Waals surface area (Å²) in [5, 5.41) is 11.2. The average molecular weight is 226 g/mol. The number of hydrazine groups is 1. The van der Waals surface area contributed by atoms with Crippen LogP contribution in [0.1, 0.15) is 0 Å². The maximum atomic E-state index is 10.6. The molecule has 0 bridgehead atoms. The Bertz CT molecular complexity index is 478. The van der Waals surface area contributed by atoms with Gasteiger partial charge in [-0.05, 0) is 22.0 Å². The van der Waals surface area contributed by atoms with Gasteiger partial charge in [-0.25, -0.2) is 5.84 Å². The molecule has 0 atom stereocenters.